The molecule has 2 N–H and O–H groups in total. The predicted octanol–water partition coefficient (Wildman–Crippen LogP) is 2.02. The van der Waals surface area contributed by atoms with Crippen molar-refractivity contribution in [2.75, 3.05) is 19.7 Å². The van der Waals surface area contributed by atoms with E-state index < -0.39 is 5.60 Å². The summed E-state index contributed by atoms with van der Waals surface area (Å²) in [6, 6.07) is 12.2. The summed E-state index contributed by atoms with van der Waals surface area (Å²) in [5.41, 5.74) is 2.28. The molecule has 102 valence electrons. The van der Waals surface area contributed by atoms with Gasteiger partial charge in [0.25, 0.3) is 0 Å². The van der Waals surface area contributed by atoms with Crippen LogP contribution >= 0.6 is 0 Å². The molecule has 1 aliphatic rings. The molecule has 0 spiro atoms. The van der Waals surface area contributed by atoms with Gasteiger partial charge in [-0.3, -0.25) is 0 Å². The molecule has 4 rings (SSSR count). The Kier molecular flexibility index (Phi) is 2.61. The Hall–Kier alpha value is -2.11. The molecule has 0 aliphatic carbocycles. The van der Waals surface area contributed by atoms with Crippen LogP contribution in [0, 0.1) is 0 Å². The Balaban J connectivity index is 1.89. The minimum atomic E-state index is -0.607. The fraction of sp³-hybridized carbons (Fsp3) is 0.267. The fourth-order valence-electron chi connectivity index (χ4n) is 2.80. The summed E-state index contributed by atoms with van der Waals surface area (Å²) in [7, 11) is 0. The summed E-state index contributed by atoms with van der Waals surface area (Å²) in [5, 5.41) is 8.64. The third-order valence-corrected chi connectivity index (χ3v) is 3.82. The van der Waals surface area contributed by atoms with Crippen molar-refractivity contribution in [3.8, 4) is 0 Å². The molecular formula is C15H15N3O2. The van der Waals surface area contributed by atoms with Crippen LogP contribution in [0.25, 0.3) is 10.9 Å². The van der Waals surface area contributed by atoms with Gasteiger partial charge in [0.1, 0.15) is 12.0 Å². The Labute approximate surface area is 115 Å². The minimum Gasteiger partial charge on any atom is -0.364 e. The van der Waals surface area contributed by atoms with Crippen LogP contribution in [0.1, 0.15) is 11.4 Å². The molecule has 0 bridgehead atoms. The van der Waals surface area contributed by atoms with Crippen LogP contribution in [0.5, 0.6) is 0 Å². The summed E-state index contributed by atoms with van der Waals surface area (Å²) in [5.74, 6) is 0. The third-order valence-electron chi connectivity index (χ3n) is 3.82. The second-order valence-corrected chi connectivity index (χ2v) is 5.01. The number of rotatable bonds is 2. The number of aromatic amines is 1. The predicted molar refractivity (Wildman–Crippen MR) is 74.4 cm³/mol. The topological polar surface area (TPSA) is 63.1 Å². The number of para-hydroxylation sites is 1. The lowest BCUT2D eigenvalue weighted by molar-refractivity contribution is -0.0472. The van der Waals surface area contributed by atoms with Crippen molar-refractivity contribution in [3.05, 3.63) is 54.0 Å². The number of aromatic nitrogens is 2. The number of nitrogens with one attached hydrogen (secondary N) is 2. The Bertz CT molecular complexity index is 679. The third kappa shape index (κ3) is 1.67. The van der Waals surface area contributed by atoms with E-state index in [1.165, 1.54) is 5.39 Å². The molecule has 1 aromatic carbocycles. The van der Waals surface area contributed by atoms with E-state index in [0.717, 1.165) is 23.4 Å². The van der Waals surface area contributed by atoms with E-state index in [1.54, 1.807) is 6.26 Å². The molecule has 20 heavy (non-hydrogen) atoms. The van der Waals surface area contributed by atoms with Gasteiger partial charge >= 0.3 is 0 Å². The van der Waals surface area contributed by atoms with E-state index in [9.17, 15) is 0 Å². The standard InChI is InChI=1S/C15H15N3O2/c1-2-4-12-11(3-1)9-14(17-12)15(10-16-6-8-19-15)13-5-7-20-18-13/h1-5,7,9,16-17H,6,8,10H2. The van der Waals surface area contributed by atoms with Crippen LogP contribution in [-0.2, 0) is 10.3 Å². The van der Waals surface area contributed by atoms with Gasteiger partial charge in [0.15, 0.2) is 5.60 Å². The first-order valence-corrected chi connectivity index (χ1v) is 6.72. The first-order chi connectivity index (χ1) is 9.88. The lowest BCUT2D eigenvalue weighted by Gasteiger charge is -2.35. The van der Waals surface area contributed by atoms with Crippen molar-refractivity contribution in [1.29, 1.82) is 0 Å². The van der Waals surface area contributed by atoms with Crippen LogP contribution in [-0.4, -0.2) is 29.8 Å². The van der Waals surface area contributed by atoms with Crippen LogP contribution in [0.2, 0.25) is 0 Å². The number of morpholine rings is 1. The lowest BCUT2D eigenvalue weighted by atomic mass is 9.94. The zero-order valence-corrected chi connectivity index (χ0v) is 10.9. The Morgan fingerprint density at radius 2 is 2.15 bits per heavy atom. The number of ether oxygens (including phenoxy) is 1. The number of H-pyrrole nitrogens is 1. The summed E-state index contributed by atoms with van der Waals surface area (Å²) in [4.78, 5) is 3.45. The minimum absolute atomic E-state index is 0.607. The molecule has 0 saturated carbocycles. The average Bonchev–Trinajstić information content (AvgIpc) is 3.17. The van der Waals surface area contributed by atoms with E-state index >= 15 is 0 Å². The van der Waals surface area contributed by atoms with Crippen molar-refractivity contribution in [2.24, 2.45) is 0 Å². The maximum absolute atomic E-state index is 6.11. The highest BCUT2D eigenvalue weighted by molar-refractivity contribution is 5.80. The normalized spacial score (nSPS) is 23.2. The summed E-state index contributed by atoms with van der Waals surface area (Å²) in [6.45, 7) is 2.16. The highest BCUT2D eigenvalue weighted by Crippen LogP contribution is 2.34. The SMILES string of the molecule is c1ccc2[nH]c(C3(c4ccon4)CNCCO3)cc2c1. The molecule has 0 amide bonds. The highest BCUT2D eigenvalue weighted by atomic mass is 16.5. The fourth-order valence-corrected chi connectivity index (χ4v) is 2.80. The van der Waals surface area contributed by atoms with Crippen LogP contribution in [0.4, 0.5) is 0 Å². The summed E-state index contributed by atoms with van der Waals surface area (Å²) < 4.78 is 11.1. The molecule has 2 aromatic heterocycles. The zero-order chi connectivity index (χ0) is 13.4. The van der Waals surface area contributed by atoms with Crippen molar-refractivity contribution >= 4 is 10.9 Å². The van der Waals surface area contributed by atoms with Gasteiger partial charge in [-0.15, -0.1) is 0 Å². The molecular weight excluding hydrogens is 254 g/mol. The van der Waals surface area contributed by atoms with E-state index in [1.807, 2.05) is 18.2 Å². The van der Waals surface area contributed by atoms with Gasteiger partial charge in [-0.25, -0.2) is 0 Å². The largest absolute Gasteiger partial charge is 0.364 e. The van der Waals surface area contributed by atoms with E-state index in [2.05, 4.69) is 33.7 Å². The number of nitrogens with zero attached hydrogens (tertiary/aromatic N) is 1. The van der Waals surface area contributed by atoms with Crippen LogP contribution < -0.4 is 5.32 Å². The second kappa shape index (κ2) is 4.47. The molecule has 0 radical (unpaired) electrons. The quantitative estimate of drug-likeness (QED) is 0.747. The maximum atomic E-state index is 6.11. The van der Waals surface area contributed by atoms with Gasteiger partial charge in [-0.2, -0.15) is 0 Å². The van der Waals surface area contributed by atoms with E-state index in [-0.39, 0.29) is 0 Å². The zero-order valence-electron chi connectivity index (χ0n) is 10.9. The number of hydrogen-bond acceptors (Lipinski definition) is 4. The molecule has 1 aliphatic heterocycles. The molecule has 1 fully saturated rings. The molecule has 3 heterocycles. The van der Waals surface area contributed by atoms with Gasteiger partial charge < -0.3 is 19.6 Å². The monoisotopic (exact) mass is 269 g/mol. The molecule has 3 aromatic rings. The van der Waals surface area contributed by atoms with Gasteiger partial charge in [0.2, 0.25) is 0 Å². The van der Waals surface area contributed by atoms with Crippen LogP contribution in [0.3, 0.4) is 0 Å². The summed E-state index contributed by atoms with van der Waals surface area (Å²) >= 11 is 0. The van der Waals surface area contributed by atoms with Gasteiger partial charge in [-0.1, -0.05) is 23.4 Å². The van der Waals surface area contributed by atoms with Gasteiger partial charge in [-0.05, 0) is 17.5 Å². The average molecular weight is 269 g/mol. The Morgan fingerprint density at radius 1 is 1.20 bits per heavy atom. The molecule has 1 unspecified atom stereocenters. The summed E-state index contributed by atoms with van der Waals surface area (Å²) in [6.07, 6.45) is 1.58. The molecule has 1 saturated heterocycles. The van der Waals surface area contributed by atoms with E-state index in [0.29, 0.717) is 13.2 Å². The number of fused-ring (bicyclic) bond motifs is 1. The highest BCUT2D eigenvalue weighted by Gasteiger charge is 2.41. The lowest BCUT2D eigenvalue weighted by Crippen LogP contribution is -2.48. The van der Waals surface area contributed by atoms with Crippen molar-refractivity contribution < 1.29 is 9.26 Å². The second-order valence-electron chi connectivity index (χ2n) is 5.01. The first kappa shape index (κ1) is 11.7. The first-order valence-electron chi connectivity index (χ1n) is 6.72. The van der Waals surface area contributed by atoms with E-state index in [4.69, 9.17) is 9.26 Å². The van der Waals surface area contributed by atoms with Gasteiger partial charge in [0.05, 0.1) is 12.3 Å². The van der Waals surface area contributed by atoms with Crippen molar-refractivity contribution in [3.63, 3.8) is 0 Å². The smallest absolute Gasteiger partial charge is 0.165 e. The molecule has 5 heteroatoms. The van der Waals surface area contributed by atoms with Crippen LogP contribution in [0.15, 0.2) is 47.2 Å². The van der Waals surface area contributed by atoms with Gasteiger partial charge in [0, 0.05) is 24.7 Å². The number of hydrogen-bond donors (Lipinski definition) is 2. The van der Waals surface area contributed by atoms with Crippen molar-refractivity contribution in [1.82, 2.24) is 15.5 Å². The van der Waals surface area contributed by atoms with Crippen molar-refractivity contribution in [2.45, 2.75) is 5.60 Å². The Morgan fingerprint density at radius 3 is 2.90 bits per heavy atom. The molecule has 1 atom stereocenters. The molecule has 5 nitrogen and oxygen atoms in total. The maximum Gasteiger partial charge on any atom is 0.165 e. The number of benzene rings is 1.